The van der Waals surface area contributed by atoms with Gasteiger partial charge in [0.05, 0.1) is 15.4 Å². The largest absolute Gasteiger partial charge is 0.484 e. The van der Waals surface area contributed by atoms with E-state index in [1.807, 2.05) is 0 Å². The molecule has 31 heavy (non-hydrogen) atoms. The van der Waals surface area contributed by atoms with Crippen molar-refractivity contribution in [1.29, 1.82) is 0 Å². The van der Waals surface area contributed by atoms with Crippen molar-refractivity contribution in [2.24, 2.45) is 0 Å². The molecule has 2 aromatic carbocycles. The average Bonchev–Trinajstić information content (AvgIpc) is 2.69. The number of hydrogen-bond acceptors (Lipinski definition) is 7. The van der Waals surface area contributed by atoms with E-state index in [1.165, 1.54) is 11.0 Å². The summed E-state index contributed by atoms with van der Waals surface area (Å²) in [4.78, 5) is 33.2. The van der Waals surface area contributed by atoms with Gasteiger partial charge < -0.3 is 15.0 Å². The number of nitrogens with one attached hydrogen (secondary N) is 1. The summed E-state index contributed by atoms with van der Waals surface area (Å²) < 4.78 is 44.3. The van der Waals surface area contributed by atoms with E-state index in [0.717, 1.165) is 0 Å². The third-order valence-electron chi connectivity index (χ3n) is 4.05. The Bertz CT molecular complexity index is 975. The molecule has 0 saturated carbocycles. The van der Waals surface area contributed by atoms with Crippen molar-refractivity contribution in [1.82, 2.24) is 4.90 Å². The number of benzene rings is 2. The number of nitro groups is 2. The zero-order chi connectivity index (χ0) is 23.3. The molecular formula is C18H17F3N4O6. The van der Waals surface area contributed by atoms with Crippen LogP contribution in [0.4, 0.5) is 30.2 Å². The van der Waals surface area contributed by atoms with Gasteiger partial charge in [-0.25, -0.2) is 0 Å². The molecule has 0 radical (unpaired) electrons. The molecule has 1 N–H and O–H groups in total. The molecule has 0 saturated heterocycles. The van der Waals surface area contributed by atoms with Crippen LogP contribution in [0.15, 0.2) is 36.4 Å². The summed E-state index contributed by atoms with van der Waals surface area (Å²) in [5.74, 6) is 0.00505. The van der Waals surface area contributed by atoms with Crippen LogP contribution in [0.5, 0.6) is 5.75 Å². The molecule has 0 aliphatic carbocycles. The number of anilines is 1. The molecule has 0 aromatic heterocycles. The van der Waals surface area contributed by atoms with Gasteiger partial charge in [-0.2, -0.15) is 13.2 Å². The Morgan fingerprint density at radius 1 is 1.10 bits per heavy atom. The van der Waals surface area contributed by atoms with E-state index in [4.69, 9.17) is 4.74 Å². The van der Waals surface area contributed by atoms with Gasteiger partial charge in [-0.3, -0.25) is 25.0 Å². The lowest BCUT2D eigenvalue weighted by Crippen LogP contribution is -2.27. The van der Waals surface area contributed by atoms with E-state index < -0.39 is 38.6 Å². The second-order valence-electron chi connectivity index (χ2n) is 6.48. The molecule has 0 heterocycles. The Hall–Kier alpha value is -3.90. The molecule has 2 aromatic rings. The normalized spacial score (nSPS) is 11.0. The minimum Gasteiger partial charge on any atom is -0.484 e. The molecule has 0 atom stereocenters. The monoisotopic (exact) mass is 442 g/mol. The van der Waals surface area contributed by atoms with Crippen LogP contribution < -0.4 is 10.1 Å². The predicted octanol–water partition coefficient (Wildman–Crippen LogP) is 3.60. The highest BCUT2D eigenvalue weighted by atomic mass is 19.4. The molecule has 13 heteroatoms. The molecule has 10 nitrogen and oxygen atoms in total. The van der Waals surface area contributed by atoms with E-state index in [-0.39, 0.29) is 31.2 Å². The molecule has 0 spiro atoms. The third kappa shape index (κ3) is 6.04. The Labute approximate surface area is 173 Å². The Balaban J connectivity index is 2.31. The summed E-state index contributed by atoms with van der Waals surface area (Å²) in [6.45, 7) is -0.425. The van der Waals surface area contributed by atoms with Crippen LogP contribution in [0.1, 0.15) is 11.1 Å². The zero-order valence-corrected chi connectivity index (χ0v) is 16.3. The Kier molecular flexibility index (Phi) is 7.00. The second-order valence-corrected chi connectivity index (χ2v) is 6.48. The highest BCUT2D eigenvalue weighted by Gasteiger charge is 2.37. The fraction of sp³-hybridized carbons (Fsp3) is 0.278. The molecular weight excluding hydrogens is 425 g/mol. The van der Waals surface area contributed by atoms with E-state index in [0.29, 0.717) is 11.3 Å². The van der Waals surface area contributed by atoms with Crippen LogP contribution in [0.3, 0.4) is 0 Å². The number of likely N-dealkylation sites (N-methyl/N-ethyl adjacent to an activating group) is 1. The summed E-state index contributed by atoms with van der Waals surface area (Å²) >= 11 is 0. The minimum atomic E-state index is -5.00. The van der Waals surface area contributed by atoms with E-state index in [1.54, 1.807) is 32.3 Å². The van der Waals surface area contributed by atoms with Gasteiger partial charge in [-0.15, -0.1) is 0 Å². The van der Waals surface area contributed by atoms with Crippen LogP contribution in [0.2, 0.25) is 0 Å². The topological polar surface area (TPSA) is 128 Å². The van der Waals surface area contributed by atoms with Gasteiger partial charge in [0.15, 0.2) is 12.3 Å². The van der Waals surface area contributed by atoms with Gasteiger partial charge in [0.25, 0.3) is 17.3 Å². The molecule has 166 valence electrons. The van der Waals surface area contributed by atoms with Crippen LogP contribution >= 0.6 is 0 Å². The lowest BCUT2D eigenvalue weighted by molar-refractivity contribution is -0.392. The maximum Gasteiger partial charge on any atom is 0.416 e. The number of halogens is 3. The first-order valence-electron chi connectivity index (χ1n) is 8.60. The number of nitro benzene ring substituents is 2. The first kappa shape index (κ1) is 23.4. The molecule has 0 fully saturated rings. The maximum atomic E-state index is 13.0. The van der Waals surface area contributed by atoms with Gasteiger partial charge >= 0.3 is 6.18 Å². The van der Waals surface area contributed by atoms with Gasteiger partial charge in [0.2, 0.25) is 0 Å². The van der Waals surface area contributed by atoms with Gasteiger partial charge in [-0.05, 0) is 17.7 Å². The number of carbonyl (C=O) groups is 1. The number of nitrogens with zero attached hydrogens (tertiary/aromatic N) is 3. The molecule has 0 unspecified atom stereocenters. The van der Waals surface area contributed by atoms with Crippen molar-refractivity contribution >= 4 is 23.0 Å². The van der Waals surface area contributed by atoms with Gasteiger partial charge in [0, 0.05) is 32.8 Å². The van der Waals surface area contributed by atoms with E-state index in [9.17, 15) is 38.2 Å². The lowest BCUT2D eigenvalue weighted by atomic mass is 10.1. The zero-order valence-electron chi connectivity index (χ0n) is 16.3. The highest BCUT2D eigenvalue weighted by molar-refractivity contribution is 5.77. The summed E-state index contributed by atoms with van der Waals surface area (Å²) in [6.07, 6.45) is -5.00. The first-order chi connectivity index (χ1) is 14.4. The lowest BCUT2D eigenvalue weighted by Gasteiger charge is -2.13. The van der Waals surface area contributed by atoms with Crippen molar-refractivity contribution in [2.45, 2.75) is 12.7 Å². The van der Waals surface area contributed by atoms with Crippen molar-refractivity contribution in [3.8, 4) is 5.75 Å². The van der Waals surface area contributed by atoms with Crippen LogP contribution in [-0.4, -0.2) is 41.4 Å². The van der Waals surface area contributed by atoms with Crippen molar-refractivity contribution < 1.29 is 32.5 Å². The fourth-order valence-corrected chi connectivity index (χ4v) is 2.45. The molecule has 0 bridgehead atoms. The predicted molar refractivity (Wildman–Crippen MR) is 103 cm³/mol. The summed E-state index contributed by atoms with van der Waals surface area (Å²) in [5, 5.41) is 25.0. The number of ether oxygens (including phenoxy) is 1. The van der Waals surface area contributed by atoms with Crippen molar-refractivity contribution in [2.75, 3.05) is 26.0 Å². The van der Waals surface area contributed by atoms with Crippen LogP contribution in [0.25, 0.3) is 0 Å². The Morgan fingerprint density at radius 2 is 1.68 bits per heavy atom. The van der Waals surface area contributed by atoms with Gasteiger partial charge in [-0.1, -0.05) is 12.1 Å². The fourth-order valence-electron chi connectivity index (χ4n) is 2.45. The van der Waals surface area contributed by atoms with Crippen molar-refractivity contribution in [3.63, 3.8) is 0 Å². The third-order valence-corrected chi connectivity index (χ3v) is 4.05. The Morgan fingerprint density at radius 3 is 2.16 bits per heavy atom. The van der Waals surface area contributed by atoms with Crippen LogP contribution in [-0.2, 0) is 17.5 Å². The average molecular weight is 442 g/mol. The molecule has 2 rings (SSSR count). The maximum absolute atomic E-state index is 13.0. The second kappa shape index (κ2) is 9.28. The summed E-state index contributed by atoms with van der Waals surface area (Å²) in [6, 6.07) is 6.63. The number of rotatable bonds is 8. The number of carbonyl (C=O) groups excluding carboxylic acids is 1. The number of amides is 1. The minimum absolute atomic E-state index is 0.189. The van der Waals surface area contributed by atoms with Crippen LogP contribution in [0, 0.1) is 20.2 Å². The van der Waals surface area contributed by atoms with Crippen molar-refractivity contribution in [3.05, 3.63) is 67.8 Å². The quantitative estimate of drug-likeness (QED) is 0.489. The first-order valence-corrected chi connectivity index (χ1v) is 8.60. The SMILES string of the molecule is CN(C)C(=O)COc1cccc(CNc2c([N+](=O)[O-])cc(C(F)(F)F)cc2[N+](=O)[O-])c1. The number of hydrogen-bond donors (Lipinski definition) is 1. The molecule has 0 aliphatic heterocycles. The molecule has 1 amide bonds. The van der Waals surface area contributed by atoms with E-state index in [2.05, 4.69) is 5.32 Å². The highest BCUT2D eigenvalue weighted by Crippen LogP contribution is 2.41. The standard InChI is InChI=1S/C18H17F3N4O6/c1-23(2)16(26)10-31-13-5-3-4-11(6-13)9-22-17-14(24(27)28)7-12(18(19,20)21)8-15(17)25(29)30/h3-8,22H,9-10H2,1-2H3. The molecule has 0 aliphatic rings. The van der Waals surface area contributed by atoms with Gasteiger partial charge in [0.1, 0.15) is 5.75 Å². The summed E-state index contributed by atoms with van der Waals surface area (Å²) in [5.41, 5.74) is -3.86. The smallest absolute Gasteiger partial charge is 0.416 e. The number of alkyl halides is 3. The van der Waals surface area contributed by atoms with E-state index >= 15 is 0 Å². The summed E-state index contributed by atoms with van der Waals surface area (Å²) in [7, 11) is 3.10.